The summed E-state index contributed by atoms with van der Waals surface area (Å²) in [5, 5.41) is 0. The van der Waals surface area contributed by atoms with Crippen molar-refractivity contribution >= 4 is 8.07 Å². The second kappa shape index (κ2) is 4.56. The van der Waals surface area contributed by atoms with E-state index in [9.17, 15) is 0 Å². The third-order valence-electron chi connectivity index (χ3n) is 2.12. The summed E-state index contributed by atoms with van der Waals surface area (Å²) in [5.41, 5.74) is 1.38. The molecule has 0 atom stereocenters. The Balaban J connectivity index is 2.29. The second-order valence-corrected chi connectivity index (χ2v) is 10.4. The van der Waals surface area contributed by atoms with Crippen molar-refractivity contribution in [3.63, 3.8) is 0 Å². The van der Waals surface area contributed by atoms with Crippen molar-refractivity contribution in [3.8, 4) is 0 Å². The van der Waals surface area contributed by atoms with Gasteiger partial charge in [-0.25, -0.2) is 0 Å². The maximum Gasteiger partial charge on any atom is 0.0442 e. The van der Waals surface area contributed by atoms with Gasteiger partial charge in [-0.15, -0.1) is 0 Å². The Labute approximate surface area is 82.2 Å². The number of nitrogens with zero attached hydrogens (tertiary/aromatic N) is 1. The molecule has 0 spiro atoms. The number of rotatable bonds is 4. The first-order valence-electron chi connectivity index (χ1n) is 4.97. The SMILES string of the molecule is C[Si](C)(C)CCCc1cccnc1. The lowest BCUT2D eigenvalue weighted by molar-refractivity contribution is 0.895. The van der Waals surface area contributed by atoms with E-state index in [0.717, 1.165) is 0 Å². The molecule has 0 bridgehead atoms. The van der Waals surface area contributed by atoms with E-state index < -0.39 is 8.07 Å². The topological polar surface area (TPSA) is 12.9 Å². The Bertz CT molecular complexity index is 238. The third-order valence-corrected chi connectivity index (χ3v) is 3.97. The van der Waals surface area contributed by atoms with Gasteiger partial charge in [-0.1, -0.05) is 38.2 Å². The molecule has 0 radical (unpaired) electrons. The number of aromatic nitrogens is 1. The van der Waals surface area contributed by atoms with Gasteiger partial charge in [0.15, 0.2) is 0 Å². The van der Waals surface area contributed by atoms with Gasteiger partial charge >= 0.3 is 0 Å². The molecule has 72 valence electrons. The minimum Gasteiger partial charge on any atom is -0.264 e. The molecular formula is C11H19NSi. The van der Waals surface area contributed by atoms with Crippen LogP contribution >= 0.6 is 0 Å². The number of hydrogen-bond acceptors (Lipinski definition) is 1. The fourth-order valence-corrected chi connectivity index (χ4v) is 2.61. The van der Waals surface area contributed by atoms with Crippen LogP contribution in [0.5, 0.6) is 0 Å². The van der Waals surface area contributed by atoms with Crippen LogP contribution in [0.15, 0.2) is 24.5 Å². The lowest BCUT2D eigenvalue weighted by Gasteiger charge is -2.14. The molecule has 0 aliphatic carbocycles. The van der Waals surface area contributed by atoms with Gasteiger partial charge in [-0.3, -0.25) is 4.98 Å². The molecule has 0 N–H and O–H groups in total. The van der Waals surface area contributed by atoms with Gasteiger partial charge in [0.05, 0.1) is 0 Å². The predicted octanol–water partition coefficient (Wildman–Crippen LogP) is 3.35. The number of pyridine rings is 1. The summed E-state index contributed by atoms with van der Waals surface area (Å²) in [6, 6.07) is 5.60. The molecule has 1 rings (SSSR count). The Hall–Kier alpha value is -0.633. The Morgan fingerprint density at radius 3 is 2.62 bits per heavy atom. The zero-order valence-corrected chi connectivity index (χ0v) is 9.88. The normalized spacial score (nSPS) is 11.6. The van der Waals surface area contributed by atoms with E-state index in [1.54, 1.807) is 0 Å². The van der Waals surface area contributed by atoms with Crippen LogP contribution in [0.3, 0.4) is 0 Å². The summed E-state index contributed by atoms with van der Waals surface area (Å²) in [4.78, 5) is 4.11. The van der Waals surface area contributed by atoms with Gasteiger partial charge in [0.2, 0.25) is 0 Å². The fourth-order valence-electron chi connectivity index (χ4n) is 1.37. The summed E-state index contributed by atoms with van der Waals surface area (Å²) in [7, 11) is -0.831. The highest BCUT2D eigenvalue weighted by atomic mass is 28.3. The van der Waals surface area contributed by atoms with Crippen LogP contribution in [0.2, 0.25) is 25.7 Å². The van der Waals surface area contributed by atoms with Gasteiger partial charge in [0, 0.05) is 20.5 Å². The molecule has 0 aliphatic heterocycles. The van der Waals surface area contributed by atoms with Crippen LogP contribution in [0.4, 0.5) is 0 Å². The largest absolute Gasteiger partial charge is 0.264 e. The Morgan fingerprint density at radius 1 is 1.31 bits per heavy atom. The quantitative estimate of drug-likeness (QED) is 0.668. The average Bonchev–Trinajstić information content (AvgIpc) is 2.04. The molecule has 0 fully saturated rings. The summed E-state index contributed by atoms with van der Waals surface area (Å²) >= 11 is 0. The van der Waals surface area contributed by atoms with Crippen molar-refractivity contribution in [2.24, 2.45) is 0 Å². The van der Waals surface area contributed by atoms with Crippen LogP contribution in [0, 0.1) is 0 Å². The molecule has 1 heterocycles. The lowest BCUT2D eigenvalue weighted by atomic mass is 10.2. The molecule has 0 aromatic carbocycles. The van der Waals surface area contributed by atoms with Crippen LogP contribution in [-0.2, 0) is 6.42 Å². The first kappa shape index (κ1) is 10.4. The summed E-state index contributed by atoms with van der Waals surface area (Å²) < 4.78 is 0. The second-order valence-electron chi connectivity index (χ2n) is 4.78. The van der Waals surface area contributed by atoms with Crippen LogP contribution in [0.1, 0.15) is 12.0 Å². The molecule has 1 aromatic heterocycles. The monoisotopic (exact) mass is 193 g/mol. The van der Waals surface area contributed by atoms with Gasteiger partial charge in [-0.2, -0.15) is 0 Å². The third kappa shape index (κ3) is 4.83. The van der Waals surface area contributed by atoms with E-state index in [1.807, 2.05) is 18.5 Å². The van der Waals surface area contributed by atoms with Crippen LogP contribution < -0.4 is 0 Å². The van der Waals surface area contributed by atoms with E-state index in [2.05, 4.69) is 30.7 Å². The highest BCUT2D eigenvalue weighted by molar-refractivity contribution is 6.76. The molecular weight excluding hydrogens is 174 g/mol. The van der Waals surface area contributed by atoms with Crippen molar-refractivity contribution in [2.75, 3.05) is 0 Å². The lowest BCUT2D eigenvalue weighted by Crippen LogP contribution is -2.18. The average molecular weight is 193 g/mol. The molecule has 0 saturated heterocycles. The molecule has 0 amide bonds. The van der Waals surface area contributed by atoms with E-state index >= 15 is 0 Å². The smallest absolute Gasteiger partial charge is 0.0442 e. The number of aryl methyl sites for hydroxylation is 1. The Kier molecular flexibility index (Phi) is 3.67. The van der Waals surface area contributed by atoms with Gasteiger partial charge in [0.1, 0.15) is 0 Å². The fraction of sp³-hybridized carbons (Fsp3) is 0.545. The first-order chi connectivity index (χ1) is 6.08. The molecule has 0 saturated carbocycles. The van der Waals surface area contributed by atoms with Crippen LogP contribution in [0.25, 0.3) is 0 Å². The number of hydrogen-bond donors (Lipinski definition) is 0. The predicted molar refractivity (Wildman–Crippen MR) is 60.7 cm³/mol. The standard InChI is InChI=1S/C11H19NSi/c1-13(2,3)9-5-7-11-6-4-8-12-10-11/h4,6,8,10H,5,7,9H2,1-3H3. The van der Waals surface area contributed by atoms with Crippen molar-refractivity contribution < 1.29 is 0 Å². The van der Waals surface area contributed by atoms with Crippen molar-refractivity contribution in [3.05, 3.63) is 30.1 Å². The first-order valence-corrected chi connectivity index (χ1v) is 8.67. The van der Waals surface area contributed by atoms with Gasteiger partial charge < -0.3 is 0 Å². The molecule has 1 nitrogen and oxygen atoms in total. The molecule has 13 heavy (non-hydrogen) atoms. The van der Waals surface area contributed by atoms with Crippen molar-refractivity contribution in [1.82, 2.24) is 4.98 Å². The summed E-state index contributed by atoms with van der Waals surface area (Å²) in [6.07, 6.45) is 6.33. The van der Waals surface area contributed by atoms with Gasteiger partial charge in [0.25, 0.3) is 0 Å². The van der Waals surface area contributed by atoms with E-state index in [4.69, 9.17) is 0 Å². The van der Waals surface area contributed by atoms with Crippen molar-refractivity contribution in [1.29, 1.82) is 0 Å². The van der Waals surface area contributed by atoms with Crippen molar-refractivity contribution in [2.45, 2.75) is 38.5 Å². The maximum absolute atomic E-state index is 4.11. The van der Waals surface area contributed by atoms with Crippen LogP contribution in [-0.4, -0.2) is 13.1 Å². The minimum atomic E-state index is -0.831. The maximum atomic E-state index is 4.11. The zero-order chi connectivity index (χ0) is 9.73. The molecule has 0 aliphatic rings. The van der Waals surface area contributed by atoms with E-state index in [-0.39, 0.29) is 0 Å². The Morgan fingerprint density at radius 2 is 2.08 bits per heavy atom. The van der Waals surface area contributed by atoms with Gasteiger partial charge in [-0.05, 0) is 18.1 Å². The molecule has 0 unspecified atom stereocenters. The summed E-state index contributed by atoms with van der Waals surface area (Å²) in [5.74, 6) is 0. The molecule has 1 aromatic rings. The molecule has 2 heteroatoms. The highest BCUT2D eigenvalue weighted by Crippen LogP contribution is 2.13. The zero-order valence-electron chi connectivity index (χ0n) is 8.88. The minimum absolute atomic E-state index is 0.831. The summed E-state index contributed by atoms with van der Waals surface area (Å²) in [6.45, 7) is 7.28. The highest BCUT2D eigenvalue weighted by Gasteiger charge is 2.11. The van der Waals surface area contributed by atoms with E-state index in [1.165, 1.54) is 24.4 Å². The van der Waals surface area contributed by atoms with E-state index in [0.29, 0.717) is 0 Å².